The largest absolute Gasteiger partial charge is 0.465 e. The molecule has 2 atom stereocenters. The highest BCUT2D eigenvalue weighted by Gasteiger charge is 2.18. The average Bonchev–Trinajstić information content (AvgIpc) is 2.79. The Kier molecular flexibility index (Phi) is 13.2. The van der Waals surface area contributed by atoms with E-state index in [-0.39, 0.29) is 23.9 Å². The maximum Gasteiger partial charge on any atom is 0.337 e. The van der Waals surface area contributed by atoms with Crippen molar-refractivity contribution in [1.82, 2.24) is 5.32 Å². The number of nitrogens with one attached hydrogen (secondary N) is 2. The third kappa shape index (κ3) is 10.7. The molecule has 0 saturated carbocycles. The van der Waals surface area contributed by atoms with Gasteiger partial charge in [0.15, 0.2) is 0 Å². The van der Waals surface area contributed by atoms with Gasteiger partial charge < -0.3 is 20.1 Å². The minimum absolute atomic E-state index is 0.226. The van der Waals surface area contributed by atoms with Crippen LogP contribution in [0.2, 0.25) is 0 Å². The molecule has 1 rings (SSSR count). The number of ether oxygens (including phenoxy) is 2. The fraction of sp³-hybridized carbons (Fsp3) is 0.583. The van der Waals surface area contributed by atoms with Gasteiger partial charge in [0.05, 0.1) is 31.4 Å². The number of thioether (sulfide) groups is 1. The monoisotopic (exact) mass is 480 g/mol. The number of esters is 2. The lowest BCUT2D eigenvalue weighted by Crippen LogP contribution is -2.40. The Morgan fingerprint density at radius 2 is 1.88 bits per heavy atom. The maximum atomic E-state index is 12.5. The summed E-state index contributed by atoms with van der Waals surface area (Å²) in [6.45, 7) is 7.58. The Morgan fingerprint density at radius 3 is 2.48 bits per heavy atom. The van der Waals surface area contributed by atoms with Crippen molar-refractivity contribution in [3.8, 4) is 0 Å². The molecule has 0 spiro atoms. The van der Waals surface area contributed by atoms with Crippen molar-refractivity contribution in [3.05, 3.63) is 23.8 Å². The Morgan fingerprint density at radius 1 is 1.15 bits per heavy atom. The Balaban J connectivity index is 2.76. The number of hydrogen-bond acceptors (Lipinski definition) is 7. The van der Waals surface area contributed by atoms with Crippen LogP contribution < -0.4 is 10.6 Å². The third-order valence-electron chi connectivity index (χ3n) is 5.06. The first-order valence-corrected chi connectivity index (χ1v) is 12.3. The smallest absolute Gasteiger partial charge is 0.337 e. The summed E-state index contributed by atoms with van der Waals surface area (Å²) < 4.78 is 10.2. The molecule has 2 N–H and O–H groups in total. The summed E-state index contributed by atoms with van der Waals surface area (Å²) in [7, 11) is 1.28. The van der Waals surface area contributed by atoms with Crippen molar-refractivity contribution in [1.29, 1.82) is 0 Å². The second-order valence-electron chi connectivity index (χ2n) is 7.81. The van der Waals surface area contributed by atoms with E-state index in [0.717, 1.165) is 25.7 Å². The van der Waals surface area contributed by atoms with Crippen LogP contribution in [-0.4, -0.2) is 49.3 Å². The van der Waals surface area contributed by atoms with Gasteiger partial charge in [-0.15, -0.1) is 11.8 Å². The molecule has 2 amide bonds. The predicted octanol–water partition coefficient (Wildman–Crippen LogP) is 4.18. The van der Waals surface area contributed by atoms with E-state index in [2.05, 4.69) is 24.5 Å². The predicted molar refractivity (Wildman–Crippen MR) is 129 cm³/mol. The zero-order chi connectivity index (χ0) is 24.8. The van der Waals surface area contributed by atoms with E-state index >= 15 is 0 Å². The molecule has 0 heterocycles. The third-order valence-corrected chi connectivity index (χ3v) is 6.13. The maximum absolute atomic E-state index is 12.5. The lowest BCUT2D eigenvalue weighted by atomic mass is 10.0. The summed E-state index contributed by atoms with van der Waals surface area (Å²) in [6, 6.07) is 4.05. The molecule has 0 aliphatic rings. The lowest BCUT2D eigenvalue weighted by Gasteiger charge is -2.16. The summed E-state index contributed by atoms with van der Waals surface area (Å²) >= 11 is 1.37. The molecule has 9 heteroatoms. The molecule has 33 heavy (non-hydrogen) atoms. The molecular formula is C24H36N2O6S. The van der Waals surface area contributed by atoms with E-state index in [0.29, 0.717) is 28.9 Å². The normalized spacial score (nSPS) is 12.4. The van der Waals surface area contributed by atoms with Crippen molar-refractivity contribution < 1.29 is 28.7 Å². The van der Waals surface area contributed by atoms with Gasteiger partial charge in [0, 0.05) is 17.6 Å². The molecule has 0 saturated heterocycles. The molecule has 0 aliphatic carbocycles. The van der Waals surface area contributed by atoms with Gasteiger partial charge in [-0.3, -0.25) is 14.4 Å². The molecule has 0 radical (unpaired) electrons. The van der Waals surface area contributed by atoms with E-state index in [1.54, 1.807) is 19.1 Å². The minimum Gasteiger partial charge on any atom is -0.465 e. The first-order valence-electron chi connectivity index (χ1n) is 11.3. The summed E-state index contributed by atoms with van der Waals surface area (Å²) in [5.74, 6) is -0.700. The van der Waals surface area contributed by atoms with Crippen LogP contribution in [0, 0.1) is 5.92 Å². The molecule has 0 fully saturated rings. The van der Waals surface area contributed by atoms with E-state index in [9.17, 15) is 19.2 Å². The van der Waals surface area contributed by atoms with Gasteiger partial charge in [-0.05, 0) is 37.5 Å². The van der Waals surface area contributed by atoms with Gasteiger partial charge in [-0.25, -0.2) is 4.79 Å². The van der Waals surface area contributed by atoms with Gasteiger partial charge in [0.1, 0.15) is 6.04 Å². The Labute approximate surface area is 200 Å². The van der Waals surface area contributed by atoms with E-state index < -0.39 is 17.9 Å². The van der Waals surface area contributed by atoms with Crippen molar-refractivity contribution in [3.63, 3.8) is 0 Å². The van der Waals surface area contributed by atoms with Gasteiger partial charge in [0.25, 0.3) is 0 Å². The van der Waals surface area contributed by atoms with Crippen molar-refractivity contribution in [2.75, 3.05) is 24.8 Å². The molecule has 1 aromatic rings. The summed E-state index contributed by atoms with van der Waals surface area (Å²) in [4.78, 5) is 48.4. The summed E-state index contributed by atoms with van der Waals surface area (Å²) in [5.41, 5.74) is 0.686. The van der Waals surface area contributed by atoms with Crippen LogP contribution in [0.15, 0.2) is 23.1 Å². The second kappa shape index (κ2) is 15.3. The van der Waals surface area contributed by atoms with E-state index in [1.165, 1.54) is 31.9 Å². The van der Waals surface area contributed by atoms with Gasteiger partial charge in [0.2, 0.25) is 11.8 Å². The van der Waals surface area contributed by atoms with E-state index in [4.69, 9.17) is 9.47 Å². The molecular weight excluding hydrogens is 444 g/mol. The standard InChI is InChI=1S/C24H36N2O6S/c1-6-8-9-18(7-2)15-32-22(28)12-13-33-21-11-10-19(24(30)31-5)14-20(21)26-23(29)16(3)25-17(4)27/h10-11,14,16,18H,6-9,12-13,15H2,1-5H3,(H,25,27)(H,26,29). The van der Waals surface area contributed by atoms with Crippen molar-refractivity contribution in [2.24, 2.45) is 5.92 Å². The number of unbranched alkanes of at least 4 members (excludes halogenated alkanes) is 1. The van der Waals surface area contributed by atoms with Crippen LogP contribution in [0.25, 0.3) is 0 Å². The first kappa shape index (κ1) is 28.5. The van der Waals surface area contributed by atoms with Crippen LogP contribution in [0.4, 0.5) is 5.69 Å². The molecule has 8 nitrogen and oxygen atoms in total. The SMILES string of the molecule is CCCCC(CC)COC(=O)CCSc1ccc(C(=O)OC)cc1NC(=O)C(C)NC(C)=O. The molecule has 0 aliphatic heterocycles. The van der Waals surface area contributed by atoms with E-state index in [1.807, 2.05) is 0 Å². The van der Waals surface area contributed by atoms with Crippen molar-refractivity contribution in [2.45, 2.75) is 70.7 Å². The van der Waals surface area contributed by atoms with Crippen LogP contribution in [0.5, 0.6) is 0 Å². The molecule has 0 aromatic heterocycles. The quantitative estimate of drug-likeness (QED) is 0.304. The highest BCUT2D eigenvalue weighted by atomic mass is 32.2. The zero-order valence-corrected chi connectivity index (χ0v) is 21.0. The number of methoxy groups -OCH3 is 1. The molecule has 1 aromatic carbocycles. The number of carbonyl (C=O) groups is 4. The Hall–Kier alpha value is -2.55. The van der Waals surface area contributed by atoms with Crippen LogP contribution in [0.1, 0.15) is 70.2 Å². The number of benzene rings is 1. The minimum atomic E-state index is -0.753. The molecule has 0 bridgehead atoms. The first-order chi connectivity index (χ1) is 15.7. The number of amides is 2. The van der Waals surface area contributed by atoms with Crippen LogP contribution in [0.3, 0.4) is 0 Å². The number of hydrogen-bond donors (Lipinski definition) is 2. The van der Waals surface area contributed by atoms with Gasteiger partial charge >= 0.3 is 11.9 Å². The summed E-state index contributed by atoms with van der Waals surface area (Å²) in [5, 5.41) is 5.26. The van der Waals surface area contributed by atoms with Crippen LogP contribution in [-0.2, 0) is 23.9 Å². The topological polar surface area (TPSA) is 111 Å². The highest BCUT2D eigenvalue weighted by Crippen LogP contribution is 2.29. The van der Waals surface area contributed by atoms with Crippen LogP contribution >= 0.6 is 11.8 Å². The van der Waals surface area contributed by atoms with Crippen molar-refractivity contribution >= 4 is 41.2 Å². The fourth-order valence-electron chi connectivity index (χ4n) is 3.04. The van der Waals surface area contributed by atoms with Gasteiger partial charge in [-0.1, -0.05) is 33.1 Å². The Bertz CT molecular complexity index is 814. The number of rotatable bonds is 14. The lowest BCUT2D eigenvalue weighted by molar-refractivity contribution is -0.144. The second-order valence-corrected chi connectivity index (χ2v) is 8.95. The summed E-state index contributed by atoms with van der Waals surface area (Å²) in [6.07, 6.45) is 4.51. The average molecular weight is 481 g/mol. The van der Waals surface area contributed by atoms with Gasteiger partial charge in [-0.2, -0.15) is 0 Å². The molecule has 2 unspecified atom stereocenters. The zero-order valence-electron chi connectivity index (χ0n) is 20.2. The highest BCUT2D eigenvalue weighted by molar-refractivity contribution is 7.99. The number of anilines is 1. The number of carbonyl (C=O) groups excluding carboxylic acids is 4. The molecule has 184 valence electrons. The fourth-order valence-corrected chi connectivity index (χ4v) is 3.95.